The van der Waals surface area contributed by atoms with Crippen molar-refractivity contribution in [1.29, 1.82) is 5.26 Å². The molecule has 1 atom stereocenters. The summed E-state index contributed by atoms with van der Waals surface area (Å²) in [6.07, 6.45) is -0.855. The third-order valence-electron chi connectivity index (χ3n) is 7.82. The van der Waals surface area contributed by atoms with E-state index >= 15 is 8.78 Å². The van der Waals surface area contributed by atoms with Gasteiger partial charge in [0.1, 0.15) is 44.9 Å². The Labute approximate surface area is 272 Å². The number of nitriles is 1. The van der Waals surface area contributed by atoms with Gasteiger partial charge in [-0.05, 0) is 65.7 Å². The number of ether oxygens (including phenoxy) is 2. The van der Waals surface area contributed by atoms with E-state index in [1.165, 1.54) is 10.7 Å². The first-order valence-electron chi connectivity index (χ1n) is 15.1. The van der Waals surface area contributed by atoms with E-state index in [1.807, 2.05) is 6.07 Å². The van der Waals surface area contributed by atoms with Crippen LogP contribution in [0, 0.1) is 23.0 Å². The van der Waals surface area contributed by atoms with E-state index in [-0.39, 0.29) is 68.5 Å². The summed E-state index contributed by atoms with van der Waals surface area (Å²) in [4.78, 5) is 42.5. The van der Waals surface area contributed by atoms with E-state index < -0.39 is 40.9 Å². The first-order chi connectivity index (χ1) is 22.1. The molecule has 2 aliphatic heterocycles. The van der Waals surface area contributed by atoms with Crippen LogP contribution in [-0.4, -0.2) is 79.8 Å². The number of piperazine rings is 1. The average molecular weight is 666 g/mol. The molecule has 12 nitrogen and oxygen atoms in total. The molecule has 4 heterocycles. The molecule has 0 spiro atoms. The summed E-state index contributed by atoms with van der Waals surface area (Å²) in [5.41, 5.74) is -1.04. The van der Waals surface area contributed by atoms with Crippen LogP contribution >= 0.6 is 11.3 Å². The molecule has 1 saturated heterocycles. The molecule has 47 heavy (non-hydrogen) atoms. The van der Waals surface area contributed by atoms with Crippen molar-refractivity contribution in [3.8, 4) is 17.2 Å². The van der Waals surface area contributed by atoms with Gasteiger partial charge in [-0.3, -0.25) is 10.1 Å². The number of nitrogens with zero attached hydrogens (tertiary/aromatic N) is 6. The minimum atomic E-state index is -0.832. The Kier molecular flexibility index (Phi) is 7.82. The highest BCUT2D eigenvalue weighted by Crippen LogP contribution is 2.45. The van der Waals surface area contributed by atoms with Crippen LogP contribution in [0.2, 0.25) is 0 Å². The lowest BCUT2D eigenvalue weighted by Gasteiger charge is -2.42. The van der Waals surface area contributed by atoms with Gasteiger partial charge in [0.25, 0.3) is 5.91 Å². The second-order valence-corrected chi connectivity index (χ2v) is 14.5. The van der Waals surface area contributed by atoms with Gasteiger partial charge in [-0.2, -0.15) is 5.26 Å². The van der Waals surface area contributed by atoms with E-state index in [0.29, 0.717) is 18.5 Å². The second kappa shape index (κ2) is 11.4. The molecule has 0 aliphatic carbocycles. The number of nitrogens with one attached hydrogen (secondary N) is 1. The monoisotopic (exact) mass is 665 g/mol. The van der Waals surface area contributed by atoms with Crippen LogP contribution < -0.4 is 5.32 Å². The molecule has 1 N–H and O–H groups in total. The lowest BCUT2D eigenvalue weighted by atomic mass is 9.94. The van der Waals surface area contributed by atoms with Gasteiger partial charge in [0, 0.05) is 37.1 Å². The summed E-state index contributed by atoms with van der Waals surface area (Å²) in [5.74, 6) is -1.92. The van der Waals surface area contributed by atoms with Crippen molar-refractivity contribution in [2.45, 2.75) is 71.8 Å². The molecule has 0 unspecified atom stereocenters. The van der Waals surface area contributed by atoms with Crippen molar-refractivity contribution in [3.63, 3.8) is 0 Å². The minimum Gasteiger partial charge on any atom is -0.444 e. The third-order valence-corrected chi connectivity index (χ3v) is 8.94. The Bertz CT molecular complexity index is 2000. The second-order valence-electron chi connectivity index (χ2n) is 13.5. The largest absolute Gasteiger partial charge is 0.444 e. The molecule has 0 radical (unpaired) electrons. The summed E-state index contributed by atoms with van der Waals surface area (Å²) in [6, 6.07) is 5.28. The number of hydrogen-bond donors (Lipinski definition) is 1. The smallest absolute Gasteiger partial charge is 0.412 e. The van der Waals surface area contributed by atoms with E-state index in [4.69, 9.17) is 9.47 Å². The number of fused-ring (bicyclic) bond motifs is 2. The summed E-state index contributed by atoms with van der Waals surface area (Å²) in [7, 11) is 0. The summed E-state index contributed by atoms with van der Waals surface area (Å²) in [5, 5.41) is 21.3. The van der Waals surface area contributed by atoms with Crippen molar-refractivity contribution in [1.82, 2.24) is 24.8 Å². The molecule has 246 valence electrons. The zero-order chi connectivity index (χ0) is 34.0. The van der Waals surface area contributed by atoms with Crippen molar-refractivity contribution in [2.75, 3.05) is 25.0 Å². The number of rotatable bonds is 2. The number of anilines is 1. The minimum absolute atomic E-state index is 0.0250. The Morgan fingerprint density at radius 3 is 2.45 bits per heavy atom. The molecule has 15 heteroatoms. The molecule has 2 aliphatic rings. The van der Waals surface area contributed by atoms with Crippen LogP contribution in [0.15, 0.2) is 18.2 Å². The maximum absolute atomic E-state index is 16.3. The summed E-state index contributed by atoms with van der Waals surface area (Å²) in [6.45, 7) is 11.4. The topological polar surface area (TPSA) is 143 Å². The van der Waals surface area contributed by atoms with Crippen molar-refractivity contribution in [3.05, 3.63) is 41.0 Å². The van der Waals surface area contributed by atoms with E-state index in [0.717, 1.165) is 23.5 Å². The average Bonchev–Trinajstić information content (AvgIpc) is 3.55. The van der Waals surface area contributed by atoms with E-state index in [1.54, 1.807) is 51.3 Å². The summed E-state index contributed by atoms with van der Waals surface area (Å²) >= 11 is 0.827. The van der Waals surface area contributed by atoms with Crippen LogP contribution in [0.25, 0.3) is 32.2 Å². The molecule has 3 amide bonds. The van der Waals surface area contributed by atoms with Gasteiger partial charge in [-0.1, -0.05) is 11.3 Å². The molecule has 1 fully saturated rings. The van der Waals surface area contributed by atoms with Gasteiger partial charge in [0.2, 0.25) is 0 Å². The van der Waals surface area contributed by atoms with Crippen LogP contribution in [0.4, 0.5) is 23.4 Å². The van der Waals surface area contributed by atoms with Crippen molar-refractivity contribution in [2.24, 2.45) is 0 Å². The van der Waals surface area contributed by atoms with Crippen LogP contribution in [0.3, 0.4) is 0 Å². The Morgan fingerprint density at radius 2 is 1.77 bits per heavy atom. The van der Waals surface area contributed by atoms with Gasteiger partial charge in [0.05, 0.1) is 21.9 Å². The SMILES string of the molecule is CC(C)(C)OC(=O)Nc1sc2c(F)ccc(-c3c(F)cc4c5c3nnn5CC[C@@H]3CN(C(=O)OC(C)(C)C)CCN3C4=O)c2c1C#N. The number of carbonyl (C=O) groups excluding carboxylic acids is 3. The van der Waals surface area contributed by atoms with Crippen molar-refractivity contribution < 1.29 is 32.6 Å². The first-order valence-corrected chi connectivity index (χ1v) is 15.9. The number of aryl methyl sites for hydroxylation is 1. The number of hydrogen-bond acceptors (Lipinski definition) is 9. The lowest BCUT2D eigenvalue weighted by Crippen LogP contribution is -2.57. The van der Waals surface area contributed by atoms with Crippen molar-refractivity contribution >= 4 is 55.6 Å². The molecule has 4 aromatic rings. The van der Waals surface area contributed by atoms with Crippen LogP contribution in [0.5, 0.6) is 0 Å². The van der Waals surface area contributed by atoms with E-state index in [2.05, 4.69) is 15.6 Å². The zero-order valence-electron chi connectivity index (χ0n) is 26.7. The van der Waals surface area contributed by atoms with Gasteiger partial charge in [0.15, 0.2) is 0 Å². The fraction of sp³-hybridized carbons (Fsp3) is 0.438. The third kappa shape index (κ3) is 5.93. The number of halogens is 2. The fourth-order valence-electron chi connectivity index (χ4n) is 5.96. The number of aromatic nitrogens is 3. The maximum atomic E-state index is 16.3. The number of thiophene rings is 1. The highest BCUT2D eigenvalue weighted by atomic mass is 32.1. The normalized spacial score (nSPS) is 16.8. The standard InChI is InChI=1S/C32H33F2N7O5S/c1-31(2,3)45-29(43)36-27-19(14-35)22-17(7-8-20(33)26(22)47-27)23-21(34)13-18-25-24(23)37-38-41(25)10-9-16-15-39(11-12-40(16)28(18)42)30(44)46-32(4,5)6/h7-8,13,16H,9-12,15H2,1-6H3,(H,36,43)/t16-/m1/s1. The molecule has 2 aromatic heterocycles. The molecule has 2 aromatic carbocycles. The summed E-state index contributed by atoms with van der Waals surface area (Å²) < 4.78 is 43.9. The molecule has 0 saturated carbocycles. The maximum Gasteiger partial charge on any atom is 0.412 e. The molecular formula is C32H33F2N7O5S. The Hall–Kier alpha value is -4.84. The Morgan fingerprint density at radius 1 is 1.04 bits per heavy atom. The van der Waals surface area contributed by atoms with Gasteiger partial charge in [-0.15, -0.1) is 16.4 Å². The fourth-order valence-corrected chi connectivity index (χ4v) is 7.03. The number of carbonyl (C=O) groups is 3. The first kappa shape index (κ1) is 32.1. The quantitative estimate of drug-likeness (QED) is 0.264. The lowest BCUT2D eigenvalue weighted by molar-refractivity contribution is 0.00273. The van der Waals surface area contributed by atoms with Gasteiger partial charge in [-0.25, -0.2) is 23.1 Å². The van der Waals surface area contributed by atoms with Crippen LogP contribution in [0.1, 0.15) is 63.9 Å². The van der Waals surface area contributed by atoms with E-state index in [9.17, 15) is 19.6 Å². The van der Waals surface area contributed by atoms with Gasteiger partial charge >= 0.3 is 12.2 Å². The Balaban J connectivity index is 1.42. The predicted octanol–water partition coefficient (Wildman–Crippen LogP) is 6.28. The number of benzene rings is 2. The predicted molar refractivity (Wildman–Crippen MR) is 170 cm³/mol. The van der Waals surface area contributed by atoms with Crippen LogP contribution in [-0.2, 0) is 16.0 Å². The molecule has 6 rings (SSSR count). The van der Waals surface area contributed by atoms with Gasteiger partial charge < -0.3 is 19.3 Å². The highest BCUT2D eigenvalue weighted by Gasteiger charge is 2.38. The molecular weight excluding hydrogens is 632 g/mol. The highest BCUT2D eigenvalue weighted by molar-refractivity contribution is 7.23. The zero-order valence-corrected chi connectivity index (χ0v) is 27.6. The molecule has 0 bridgehead atoms. The number of amides is 3.